The summed E-state index contributed by atoms with van der Waals surface area (Å²) in [6.07, 6.45) is 2.50. The summed E-state index contributed by atoms with van der Waals surface area (Å²) in [6.45, 7) is 2.16. The van der Waals surface area contributed by atoms with E-state index in [0.29, 0.717) is 12.1 Å². The predicted molar refractivity (Wildman–Crippen MR) is 85.6 cm³/mol. The van der Waals surface area contributed by atoms with Crippen LogP contribution in [0.3, 0.4) is 0 Å². The maximum atomic E-state index is 11.6. The number of aliphatic carboxylic acids is 1. The summed E-state index contributed by atoms with van der Waals surface area (Å²) in [7, 11) is 0. The van der Waals surface area contributed by atoms with Gasteiger partial charge in [-0.3, -0.25) is 0 Å². The lowest BCUT2D eigenvalue weighted by atomic mass is 10.2. The van der Waals surface area contributed by atoms with Gasteiger partial charge in [0.05, 0.1) is 0 Å². The van der Waals surface area contributed by atoms with Crippen LogP contribution in [0.25, 0.3) is 0 Å². The van der Waals surface area contributed by atoms with Crippen LogP contribution in [0.2, 0.25) is 0 Å². The minimum Gasteiger partial charge on any atom is -0.476 e. The van der Waals surface area contributed by atoms with E-state index in [2.05, 4.69) is 15.9 Å². The molecule has 1 aromatic carbocycles. The van der Waals surface area contributed by atoms with Crippen LogP contribution < -0.4 is 4.90 Å². The van der Waals surface area contributed by atoms with Gasteiger partial charge in [-0.05, 0) is 37.1 Å². The smallest absolute Gasteiger partial charge is 0.355 e. The molecule has 2 aliphatic rings. The van der Waals surface area contributed by atoms with E-state index in [1.165, 1.54) is 6.08 Å². The fourth-order valence-electron chi connectivity index (χ4n) is 2.55. The van der Waals surface area contributed by atoms with Crippen LogP contribution in [0, 0.1) is 0 Å². The summed E-state index contributed by atoms with van der Waals surface area (Å²) < 4.78 is 11.2. The zero-order valence-corrected chi connectivity index (χ0v) is 13.9. The number of nitrogens with zero attached hydrogens (tertiary/aromatic N) is 1. The third-order valence-electron chi connectivity index (χ3n) is 3.69. The number of anilines is 1. The lowest BCUT2D eigenvalue weighted by Crippen LogP contribution is -2.26. The molecule has 1 atom stereocenters. The van der Waals surface area contributed by atoms with E-state index in [4.69, 9.17) is 9.47 Å². The summed E-state index contributed by atoms with van der Waals surface area (Å²) >= 11 is 3.41. The van der Waals surface area contributed by atoms with Crippen molar-refractivity contribution in [1.82, 2.24) is 0 Å². The molecule has 0 aliphatic carbocycles. The molecule has 0 amide bonds. The maximum absolute atomic E-state index is 11.6. The third kappa shape index (κ3) is 3.10. The van der Waals surface area contributed by atoms with Gasteiger partial charge in [0.25, 0.3) is 6.29 Å². The number of hydrogen-bond donors (Lipinski definition) is 1. The van der Waals surface area contributed by atoms with Crippen LogP contribution in [0.1, 0.15) is 12.5 Å². The van der Waals surface area contributed by atoms with Crippen LogP contribution in [0.4, 0.5) is 5.69 Å². The molecule has 23 heavy (non-hydrogen) atoms. The molecule has 1 unspecified atom stereocenters. The van der Waals surface area contributed by atoms with Crippen molar-refractivity contribution in [3.8, 4) is 0 Å². The molecule has 0 aromatic heterocycles. The highest BCUT2D eigenvalue weighted by Crippen LogP contribution is 2.33. The zero-order chi connectivity index (χ0) is 16.6. The zero-order valence-electron chi connectivity index (χ0n) is 12.3. The van der Waals surface area contributed by atoms with Gasteiger partial charge in [0, 0.05) is 28.4 Å². The number of hydrogen-bond acceptors (Lipinski definition) is 5. The second-order valence-corrected chi connectivity index (χ2v) is 6.16. The van der Waals surface area contributed by atoms with E-state index >= 15 is 0 Å². The summed E-state index contributed by atoms with van der Waals surface area (Å²) in [5, 5.41) is 9.47. The van der Waals surface area contributed by atoms with E-state index in [0.717, 1.165) is 28.4 Å². The first-order valence-electron chi connectivity index (χ1n) is 7.00. The number of carbonyl (C=O) groups is 2. The molecular formula is C16H14BrNO5. The van der Waals surface area contributed by atoms with E-state index in [-0.39, 0.29) is 5.70 Å². The number of halogens is 1. The molecule has 2 aliphatic heterocycles. The molecule has 0 fully saturated rings. The van der Waals surface area contributed by atoms with Gasteiger partial charge in [0.1, 0.15) is 6.26 Å². The number of benzene rings is 1. The molecule has 3 rings (SSSR count). The standard InChI is InChI=1S/C16H14BrNO5/c1-9-6-14(23-16(9)21)22-8-13(15(19)20)18-5-4-10-7-11(17)2-3-12(10)18/h2-3,6-8,14H,4-5H2,1H3,(H,19,20)/b13-8-. The number of ether oxygens (including phenoxy) is 2. The van der Waals surface area contributed by atoms with Gasteiger partial charge in [0.2, 0.25) is 0 Å². The summed E-state index contributed by atoms with van der Waals surface area (Å²) in [4.78, 5) is 24.5. The Hall–Kier alpha value is -2.28. The average molecular weight is 380 g/mol. The Labute approximate surface area is 141 Å². The van der Waals surface area contributed by atoms with Crippen molar-refractivity contribution in [2.24, 2.45) is 0 Å². The van der Waals surface area contributed by atoms with Gasteiger partial charge in [-0.1, -0.05) is 15.9 Å². The predicted octanol–water partition coefficient (Wildman–Crippen LogP) is 2.58. The molecule has 0 radical (unpaired) electrons. The first-order valence-corrected chi connectivity index (χ1v) is 7.79. The van der Waals surface area contributed by atoms with Gasteiger partial charge >= 0.3 is 11.9 Å². The minimum absolute atomic E-state index is 0.0000690. The third-order valence-corrected chi connectivity index (χ3v) is 4.19. The van der Waals surface area contributed by atoms with Crippen molar-refractivity contribution in [3.05, 3.63) is 51.8 Å². The Morgan fingerprint density at radius 1 is 1.52 bits per heavy atom. The first-order chi connectivity index (χ1) is 11.0. The molecule has 2 heterocycles. The SMILES string of the molecule is CC1=CC(O/C=C(/C(=O)O)N2CCc3cc(Br)ccc32)OC1=O. The number of rotatable bonds is 4. The van der Waals surface area contributed by atoms with E-state index in [1.54, 1.807) is 11.8 Å². The normalized spacial score (nSPS) is 20.2. The van der Waals surface area contributed by atoms with Crippen LogP contribution in [-0.2, 0) is 25.5 Å². The molecule has 1 N–H and O–H groups in total. The number of carboxylic acid groups (broad SMARTS) is 1. The molecule has 0 spiro atoms. The molecule has 120 valence electrons. The summed E-state index contributed by atoms with van der Waals surface area (Å²) in [6, 6.07) is 5.70. The van der Waals surface area contributed by atoms with Gasteiger partial charge in [-0.25, -0.2) is 9.59 Å². The quantitative estimate of drug-likeness (QED) is 0.492. The van der Waals surface area contributed by atoms with Crippen molar-refractivity contribution in [1.29, 1.82) is 0 Å². The van der Waals surface area contributed by atoms with Crippen LogP contribution in [0.5, 0.6) is 0 Å². The first kappa shape index (κ1) is 15.6. The number of esters is 1. The number of cyclic esters (lactones) is 1. The summed E-state index contributed by atoms with van der Waals surface area (Å²) in [5.74, 6) is -1.57. The number of carbonyl (C=O) groups excluding carboxylic acids is 1. The van der Waals surface area contributed by atoms with Gasteiger partial charge in [0.15, 0.2) is 5.70 Å². The van der Waals surface area contributed by atoms with Crippen LogP contribution in [0.15, 0.2) is 46.3 Å². The van der Waals surface area contributed by atoms with Crippen molar-refractivity contribution < 1.29 is 24.2 Å². The second kappa shape index (κ2) is 6.08. The molecular weight excluding hydrogens is 366 g/mol. The van der Waals surface area contributed by atoms with Crippen molar-refractivity contribution in [2.45, 2.75) is 19.6 Å². The molecule has 7 heteroatoms. The van der Waals surface area contributed by atoms with Crippen molar-refractivity contribution in [2.75, 3.05) is 11.4 Å². The maximum Gasteiger partial charge on any atom is 0.355 e. The fraction of sp³-hybridized carbons (Fsp3) is 0.250. The Morgan fingerprint density at radius 2 is 2.30 bits per heavy atom. The van der Waals surface area contributed by atoms with Crippen LogP contribution >= 0.6 is 15.9 Å². The topological polar surface area (TPSA) is 76.1 Å². The Balaban J connectivity index is 1.82. The largest absolute Gasteiger partial charge is 0.476 e. The molecule has 0 saturated heterocycles. The number of carboxylic acids is 1. The monoisotopic (exact) mass is 379 g/mol. The Kier molecular flexibility index (Phi) is 4.12. The van der Waals surface area contributed by atoms with Gasteiger partial charge < -0.3 is 19.5 Å². The van der Waals surface area contributed by atoms with E-state index in [9.17, 15) is 14.7 Å². The lowest BCUT2D eigenvalue weighted by molar-refractivity contribution is -0.152. The highest BCUT2D eigenvalue weighted by Gasteiger charge is 2.28. The highest BCUT2D eigenvalue weighted by atomic mass is 79.9. The van der Waals surface area contributed by atoms with Crippen molar-refractivity contribution >= 4 is 33.6 Å². The van der Waals surface area contributed by atoms with Gasteiger partial charge in [-0.2, -0.15) is 0 Å². The molecule has 0 bridgehead atoms. The lowest BCUT2D eigenvalue weighted by Gasteiger charge is -2.20. The van der Waals surface area contributed by atoms with E-state index in [1.807, 2.05) is 18.2 Å². The Morgan fingerprint density at radius 3 is 2.96 bits per heavy atom. The minimum atomic E-state index is -1.11. The molecule has 6 nitrogen and oxygen atoms in total. The van der Waals surface area contributed by atoms with E-state index < -0.39 is 18.2 Å². The van der Waals surface area contributed by atoms with Crippen molar-refractivity contribution in [3.63, 3.8) is 0 Å². The summed E-state index contributed by atoms with van der Waals surface area (Å²) in [5.41, 5.74) is 2.34. The number of fused-ring (bicyclic) bond motifs is 1. The highest BCUT2D eigenvalue weighted by molar-refractivity contribution is 9.10. The average Bonchev–Trinajstić information content (AvgIpc) is 3.03. The second-order valence-electron chi connectivity index (χ2n) is 5.24. The molecule has 0 saturated carbocycles. The Bertz CT molecular complexity index is 740. The molecule has 1 aromatic rings. The van der Waals surface area contributed by atoms with Crippen LogP contribution in [-0.4, -0.2) is 29.9 Å². The fourth-order valence-corrected chi connectivity index (χ4v) is 2.96. The van der Waals surface area contributed by atoms with Gasteiger partial charge in [-0.15, -0.1) is 0 Å².